The van der Waals surface area contributed by atoms with Crippen LogP contribution in [-0.4, -0.2) is 0 Å². The van der Waals surface area contributed by atoms with Crippen LogP contribution in [0.2, 0.25) is 0 Å². The summed E-state index contributed by atoms with van der Waals surface area (Å²) >= 11 is 0. The van der Waals surface area contributed by atoms with Gasteiger partial charge >= 0.3 is 0 Å². The highest BCUT2D eigenvalue weighted by Crippen LogP contribution is 2.39. The average Bonchev–Trinajstić information content (AvgIpc) is 1.77. The average molecular weight is 127 g/mol. The topological polar surface area (TPSA) is 0 Å². The fourth-order valence-corrected chi connectivity index (χ4v) is 1.51. The maximum Gasteiger partial charge on any atom is 0.0305 e. The molecule has 1 aliphatic rings. The van der Waals surface area contributed by atoms with Crippen molar-refractivity contribution in [2.75, 3.05) is 0 Å². The van der Waals surface area contributed by atoms with E-state index in [1.165, 1.54) is 19.3 Å². The van der Waals surface area contributed by atoms with E-state index in [0.717, 1.165) is 6.42 Å². The molecule has 0 radical (unpaired) electrons. The number of hydrogen-bond donors (Lipinski definition) is 0. The smallest absolute Gasteiger partial charge is 0.0305 e. The molecule has 1 saturated carbocycles. The molecule has 1 aliphatic carbocycles. The highest BCUT2D eigenvalue weighted by atomic mass is 14.3. The summed E-state index contributed by atoms with van der Waals surface area (Å²) < 4.78 is 8.03. The second-order valence-electron chi connectivity index (χ2n) is 3.87. The summed E-state index contributed by atoms with van der Waals surface area (Å²) in [5.74, 6) is -0.175. The van der Waals surface area contributed by atoms with Crippen LogP contribution in [0.4, 0.5) is 0 Å². The third kappa shape index (κ3) is 1.47. The predicted molar refractivity (Wildman–Crippen MR) is 41.4 cm³/mol. The molecule has 0 aliphatic heterocycles. The standard InChI is InChI=1S/C9H18/c1-8-6-4-5-7-9(8,2)3/h8H,4-7H2,1-3H3/t8-/m0/s1/i8D. The van der Waals surface area contributed by atoms with Crippen LogP contribution in [0, 0.1) is 11.3 Å². The van der Waals surface area contributed by atoms with Gasteiger partial charge in [0.2, 0.25) is 0 Å². The monoisotopic (exact) mass is 127 g/mol. The molecule has 1 atom stereocenters. The molecule has 1 rings (SSSR count). The fourth-order valence-electron chi connectivity index (χ4n) is 1.51. The molecule has 0 amide bonds. The first-order chi connectivity index (χ1) is 4.46. The Morgan fingerprint density at radius 1 is 1.44 bits per heavy atom. The Morgan fingerprint density at radius 2 is 2.11 bits per heavy atom. The van der Waals surface area contributed by atoms with Gasteiger partial charge in [-0.15, -0.1) is 0 Å². The summed E-state index contributed by atoms with van der Waals surface area (Å²) in [5.41, 5.74) is 0.241. The Kier molecular flexibility index (Phi) is 1.48. The Morgan fingerprint density at radius 3 is 2.44 bits per heavy atom. The van der Waals surface area contributed by atoms with Crippen molar-refractivity contribution in [3.63, 3.8) is 0 Å². The summed E-state index contributed by atoms with van der Waals surface area (Å²) in [5, 5.41) is 0. The van der Waals surface area contributed by atoms with Gasteiger partial charge in [0, 0.05) is 1.37 Å². The summed E-state index contributed by atoms with van der Waals surface area (Å²) in [6.45, 7) is 6.52. The zero-order valence-corrected chi connectivity index (χ0v) is 6.83. The van der Waals surface area contributed by atoms with Crippen molar-refractivity contribution in [1.29, 1.82) is 0 Å². The van der Waals surface area contributed by atoms with Crippen LogP contribution in [0.3, 0.4) is 0 Å². The van der Waals surface area contributed by atoms with Crippen molar-refractivity contribution >= 4 is 0 Å². The molecule has 0 unspecified atom stereocenters. The highest BCUT2D eigenvalue weighted by Gasteiger charge is 2.27. The number of rotatable bonds is 0. The van der Waals surface area contributed by atoms with Gasteiger partial charge in [-0.1, -0.05) is 40.0 Å². The number of hydrogen-bond acceptors (Lipinski definition) is 0. The predicted octanol–water partition coefficient (Wildman–Crippen LogP) is 3.22. The minimum absolute atomic E-state index is 0.175. The Hall–Kier alpha value is 0. The third-order valence-corrected chi connectivity index (χ3v) is 2.76. The van der Waals surface area contributed by atoms with Gasteiger partial charge < -0.3 is 0 Å². The lowest BCUT2D eigenvalue weighted by molar-refractivity contribution is 0.154. The van der Waals surface area contributed by atoms with E-state index in [0.29, 0.717) is 0 Å². The molecule has 0 spiro atoms. The second kappa shape index (κ2) is 2.32. The molecule has 0 aromatic rings. The summed E-state index contributed by atoms with van der Waals surface area (Å²) in [6.07, 6.45) is 4.89. The molecule has 9 heavy (non-hydrogen) atoms. The first-order valence-corrected chi connectivity index (χ1v) is 3.96. The van der Waals surface area contributed by atoms with E-state index in [9.17, 15) is 0 Å². The van der Waals surface area contributed by atoms with Crippen LogP contribution in [0.1, 0.15) is 47.8 Å². The zero-order valence-electron chi connectivity index (χ0n) is 7.83. The van der Waals surface area contributed by atoms with Crippen LogP contribution in [0.25, 0.3) is 0 Å². The van der Waals surface area contributed by atoms with E-state index in [4.69, 9.17) is 1.37 Å². The summed E-state index contributed by atoms with van der Waals surface area (Å²) in [7, 11) is 0. The molecule has 54 valence electrons. The van der Waals surface area contributed by atoms with E-state index in [-0.39, 0.29) is 11.3 Å². The molecular weight excluding hydrogens is 108 g/mol. The van der Waals surface area contributed by atoms with Crippen molar-refractivity contribution in [2.45, 2.75) is 46.5 Å². The van der Waals surface area contributed by atoms with E-state index in [2.05, 4.69) is 20.8 Å². The highest BCUT2D eigenvalue weighted by molar-refractivity contribution is 4.79. The van der Waals surface area contributed by atoms with Crippen LogP contribution in [-0.2, 0) is 0 Å². The van der Waals surface area contributed by atoms with Crippen LogP contribution >= 0.6 is 0 Å². The molecule has 0 saturated heterocycles. The summed E-state index contributed by atoms with van der Waals surface area (Å²) in [4.78, 5) is 0. The quantitative estimate of drug-likeness (QED) is 0.468. The van der Waals surface area contributed by atoms with E-state index in [1.807, 2.05) is 0 Å². The van der Waals surface area contributed by atoms with Gasteiger partial charge in [-0.05, 0) is 17.7 Å². The molecular formula is C9H18. The molecule has 0 aromatic heterocycles. The van der Waals surface area contributed by atoms with Crippen molar-refractivity contribution < 1.29 is 1.37 Å². The van der Waals surface area contributed by atoms with Crippen molar-refractivity contribution in [3.8, 4) is 0 Å². The molecule has 0 heteroatoms. The van der Waals surface area contributed by atoms with Crippen LogP contribution in [0.5, 0.6) is 0 Å². The summed E-state index contributed by atoms with van der Waals surface area (Å²) in [6, 6.07) is 0. The van der Waals surface area contributed by atoms with Crippen molar-refractivity contribution in [2.24, 2.45) is 11.3 Å². The van der Waals surface area contributed by atoms with E-state index < -0.39 is 0 Å². The lowest BCUT2D eigenvalue weighted by Crippen LogP contribution is -2.24. The zero-order chi connectivity index (χ0) is 7.83. The largest absolute Gasteiger partial charge is 0.0620 e. The lowest BCUT2D eigenvalue weighted by atomic mass is 9.70. The lowest BCUT2D eigenvalue weighted by Gasteiger charge is -2.36. The van der Waals surface area contributed by atoms with Crippen molar-refractivity contribution in [1.82, 2.24) is 0 Å². The van der Waals surface area contributed by atoms with Crippen LogP contribution in [0.15, 0.2) is 0 Å². The van der Waals surface area contributed by atoms with Gasteiger partial charge in [-0.3, -0.25) is 0 Å². The molecule has 0 bridgehead atoms. The molecule has 0 aromatic carbocycles. The van der Waals surface area contributed by atoms with E-state index >= 15 is 0 Å². The van der Waals surface area contributed by atoms with Gasteiger partial charge in [0.05, 0.1) is 0 Å². The fraction of sp³-hybridized carbons (Fsp3) is 1.00. The SMILES string of the molecule is [2H][C@]1(C)CCCCC1(C)C. The van der Waals surface area contributed by atoms with E-state index in [1.54, 1.807) is 0 Å². The van der Waals surface area contributed by atoms with Gasteiger partial charge in [-0.25, -0.2) is 0 Å². The first-order valence-electron chi connectivity index (χ1n) is 4.46. The molecule has 0 N–H and O–H groups in total. The van der Waals surface area contributed by atoms with Gasteiger partial charge in [-0.2, -0.15) is 0 Å². The first kappa shape index (κ1) is 5.76. The maximum absolute atomic E-state index is 8.03. The van der Waals surface area contributed by atoms with Crippen LogP contribution < -0.4 is 0 Å². The minimum atomic E-state index is -0.175. The van der Waals surface area contributed by atoms with Crippen molar-refractivity contribution in [3.05, 3.63) is 0 Å². The Labute approximate surface area is 60.1 Å². The van der Waals surface area contributed by atoms with Gasteiger partial charge in [0.1, 0.15) is 0 Å². The molecule has 1 fully saturated rings. The molecule has 0 nitrogen and oxygen atoms in total. The third-order valence-electron chi connectivity index (χ3n) is 2.76. The minimum Gasteiger partial charge on any atom is -0.0620 e. The maximum atomic E-state index is 8.03. The Balaban J connectivity index is 2.70. The Bertz CT molecular complexity index is 109. The molecule has 0 heterocycles. The van der Waals surface area contributed by atoms with Gasteiger partial charge in [0.15, 0.2) is 0 Å². The van der Waals surface area contributed by atoms with Gasteiger partial charge in [0.25, 0.3) is 0 Å². The normalized spacial score (nSPS) is 44.1. The second-order valence-corrected chi connectivity index (χ2v) is 3.87.